The van der Waals surface area contributed by atoms with Gasteiger partial charge in [0.05, 0.1) is 0 Å². The van der Waals surface area contributed by atoms with E-state index in [9.17, 15) is 4.79 Å². The van der Waals surface area contributed by atoms with Crippen LogP contribution in [0.5, 0.6) is 0 Å². The Hall–Kier alpha value is -0.240. The lowest BCUT2D eigenvalue weighted by Crippen LogP contribution is -2.43. The zero-order valence-electron chi connectivity index (χ0n) is 8.71. The summed E-state index contributed by atoms with van der Waals surface area (Å²) < 4.78 is 0. The number of alkyl halides is 1. The van der Waals surface area contributed by atoms with E-state index in [-0.39, 0.29) is 0 Å². The zero-order chi connectivity index (χ0) is 10.1. The van der Waals surface area contributed by atoms with Crippen LogP contribution < -0.4 is 0 Å². The van der Waals surface area contributed by atoms with E-state index in [4.69, 9.17) is 11.6 Å². The lowest BCUT2D eigenvalue weighted by atomic mass is 9.84. The second-order valence-corrected chi connectivity index (χ2v) is 4.96. The van der Waals surface area contributed by atoms with Crippen LogP contribution in [0.1, 0.15) is 32.6 Å². The minimum absolute atomic E-state index is 0.296. The second-order valence-electron chi connectivity index (χ2n) is 4.65. The van der Waals surface area contributed by atoms with Gasteiger partial charge in [-0.1, -0.05) is 13.3 Å². The number of likely N-dealkylation sites (tertiary alicyclic amines) is 1. The van der Waals surface area contributed by atoms with Crippen molar-refractivity contribution >= 4 is 17.5 Å². The van der Waals surface area contributed by atoms with Crippen LogP contribution in [-0.4, -0.2) is 29.3 Å². The minimum atomic E-state index is 0.296. The molecule has 0 aromatic rings. The van der Waals surface area contributed by atoms with Crippen molar-refractivity contribution in [2.45, 2.75) is 38.6 Å². The first-order valence-corrected chi connectivity index (χ1v) is 6.14. The number of rotatable bonds is 2. The highest BCUT2D eigenvalue weighted by Crippen LogP contribution is 2.33. The Kier molecular flexibility index (Phi) is 3.01. The Labute approximate surface area is 90.6 Å². The summed E-state index contributed by atoms with van der Waals surface area (Å²) in [6.07, 6.45) is 4.54. The highest BCUT2D eigenvalue weighted by molar-refractivity contribution is 6.18. The predicted octanol–water partition coefficient (Wildman–Crippen LogP) is 2.26. The highest BCUT2D eigenvalue weighted by Gasteiger charge is 2.38. The average molecular weight is 216 g/mol. The molecule has 2 rings (SSSR count). The Balaban J connectivity index is 1.98. The summed E-state index contributed by atoms with van der Waals surface area (Å²) in [4.78, 5) is 14.0. The van der Waals surface area contributed by atoms with Crippen molar-refractivity contribution in [2.75, 3.05) is 12.4 Å². The van der Waals surface area contributed by atoms with Crippen molar-refractivity contribution < 1.29 is 4.79 Å². The molecule has 0 N–H and O–H groups in total. The van der Waals surface area contributed by atoms with Gasteiger partial charge < -0.3 is 4.90 Å². The summed E-state index contributed by atoms with van der Waals surface area (Å²) in [5.74, 6) is 1.87. The summed E-state index contributed by atoms with van der Waals surface area (Å²) >= 11 is 5.91. The monoisotopic (exact) mass is 215 g/mol. The van der Waals surface area contributed by atoms with Gasteiger partial charge in [-0.15, -0.1) is 11.6 Å². The van der Waals surface area contributed by atoms with Crippen molar-refractivity contribution in [2.24, 2.45) is 11.8 Å². The van der Waals surface area contributed by atoms with E-state index in [0.717, 1.165) is 25.8 Å². The van der Waals surface area contributed by atoms with E-state index in [1.807, 2.05) is 4.90 Å². The first-order chi connectivity index (χ1) is 6.74. The third-order valence-corrected chi connectivity index (χ3v) is 4.09. The SMILES string of the molecule is CC1CCN(C(=O)C2CCC2)C1CCl. The molecule has 2 unspecified atom stereocenters. The van der Waals surface area contributed by atoms with E-state index in [0.29, 0.717) is 29.7 Å². The van der Waals surface area contributed by atoms with Crippen LogP contribution in [0.15, 0.2) is 0 Å². The lowest BCUT2D eigenvalue weighted by Gasteiger charge is -2.33. The van der Waals surface area contributed by atoms with E-state index < -0.39 is 0 Å². The quantitative estimate of drug-likeness (QED) is 0.648. The number of carbonyl (C=O) groups excluding carboxylic acids is 1. The lowest BCUT2D eigenvalue weighted by molar-refractivity contribution is -0.138. The number of carbonyl (C=O) groups is 1. The van der Waals surface area contributed by atoms with Crippen LogP contribution in [-0.2, 0) is 4.79 Å². The van der Waals surface area contributed by atoms with Crippen molar-refractivity contribution in [3.63, 3.8) is 0 Å². The summed E-state index contributed by atoms with van der Waals surface area (Å²) in [5, 5.41) is 0. The third-order valence-electron chi connectivity index (χ3n) is 3.78. The number of hydrogen-bond acceptors (Lipinski definition) is 1. The Morgan fingerprint density at radius 2 is 2.14 bits per heavy atom. The molecule has 14 heavy (non-hydrogen) atoms. The van der Waals surface area contributed by atoms with Gasteiger partial charge in [0.25, 0.3) is 0 Å². The van der Waals surface area contributed by atoms with E-state index in [1.54, 1.807) is 0 Å². The fraction of sp³-hybridized carbons (Fsp3) is 0.909. The number of hydrogen-bond donors (Lipinski definition) is 0. The molecule has 80 valence electrons. The molecule has 1 saturated heterocycles. The molecule has 0 spiro atoms. The Morgan fingerprint density at radius 3 is 2.64 bits per heavy atom. The van der Waals surface area contributed by atoms with Crippen LogP contribution in [0, 0.1) is 11.8 Å². The molecule has 2 nitrogen and oxygen atoms in total. The van der Waals surface area contributed by atoms with Gasteiger partial charge in [0.15, 0.2) is 0 Å². The maximum Gasteiger partial charge on any atom is 0.225 e. The Bertz CT molecular complexity index is 227. The molecule has 1 aliphatic carbocycles. The minimum Gasteiger partial charge on any atom is -0.338 e. The highest BCUT2D eigenvalue weighted by atomic mass is 35.5. The maximum atomic E-state index is 12.0. The number of amides is 1. The van der Waals surface area contributed by atoms with E-state index in [2.05, 4.69) is 6.92 Å². The van der Waals surface area contributed by atoms with Gasteiger partial charge in [-0.2, -0.15) is 0 Å². The molecule has 0 radical (unpaired) electrons. The Morgan fingerprint density at radius 1 is 1.43 bits per heavy atom. The number of nitrogens with zero attached hydrogens (tertiary/aromatic N) is 1. The smallest absolute Gasteiger partial charge is 0.225 e. The molecule has 1 saturated carbocycles. The molecular formula is C11H18ClNO. The normalized spacial score (nSPS) is 33.1. The topological polar surface area (TPSA) is 20.3 Å². The summed E-state index contributed by atoms with van der Waals surface area (Å²) in [5.41, 5.74) is 0. The van der Waals surface area contributed by atoms with Crippen LogP contribution in [0.25, 0.3) is 0 Å². The summed E-state index contributed by atoms with van der Waals surface area (Å²) in [6, 6.07) is 0.296. The van der Waals surface area contributed by atoms with Crippen LogP contribution in [0.2, 0.25) is 0 Å². The molecule has 1 heterocycles. The zero-order valence-corrected chi connectivity index (χ0v) is 9.46. The molecule has 1 aliphatic heterocycles. The van der Waals surface area contributed by atoms with Gasteiger partial charge in [-0.05, 0) is 25.2 Å². The van der Waals surface area contributed by atoms with Gasteiger partial charge in [0.2, 0.25) is 5.91 Å². The molecule has 2 atom stereocenters. The summed E-state index contributed by atoms with van der Waals surface area (Å²) in [6.45, 7) is 3.12. The second kappa shape index (κ2) is 4.09. The molecule has 0 aromatic carbocycles. The molecule has 0 aromatic heterocycles. The van der Waals surface area contributed by atoms with Crippen LogP contribution in [0.3, 0.4) is 0 Å². The van der Waals surface area contributed by atoms with Gasteiger partial charge in [-0.25, -0.2) is 0 Å². The molecule has 2 aliphatic rings. The number of halogens is 1. The largest absolute Gasteiger partial charge is 0.338 e. The maximum absolute atomic E-state index is 12.0. The van der Waals surface area contributed by atoms with E-state index >= 15 is 0 Å². The van der Waals surface area contributed by atoms with Crippen molar-refractivity contribution in [3.05, 3.63) is 0 Å². The van der Waals surface area contributed by atoms with Gasteiger partial charge in [-0.3, -0.25) is 4.79 Å². The van der Waals surface area contributed by atoms with Crippen molar-refractivity contribution in [3.8, 4) is 0 Å². The molecular weight excluding hydrogens is 198 g/mol. The predicted molar refractivity (Wildman–Crippen MR) is 57.3 cm³/mol. The third kappa shape index (κ3) is 1.65. The standard InChI is InChI=1S/C11H18ClNO/c1-8-5-6-13(10(8)7-12)11(14)9-3-2-4-9/h8-10H,2-7H2,1H3. The fourth-order valence-electron chi connectivity index (χ4n) is 2.41. The average Bonchev–Trinajstić information content (AvgIpc) is 2.43. The molecule has 0 bridgehead atoms. The first-order valence-electron chi connectivity index (χ1n) is 5.60. The van der Waals surface area contributed by atoms with Gasteiger partial charge in [0, 0.05) is 24.4 Å². The fourth-order valence-corrected chi connectivity index (χ4v) is 2.88. The van der Waals surface area contributed by atoms with Crippen LogP contribution in [0.4, 0.5) is 0 Å². The van der Waals surface area contributed by atoms with Crippen LogP contribution >= 0.6 is 11.6 Å². The van der Waals surface area contributed by atoms with Crippen molar-refractivity contribution in [1.29, 1.82) is 0 Å². The van der Waals surface area contributed by atoms with Gasteiger partial charge in [0.1, 0.15) is 0 Å². The summed E-state index contributed by atoms with van der Waals surface area (Å²) in [7, 11) is 0. The van der Waals surface area contributed by atoms with Gasteiger partial charge >= 0.3 is 0 Å². The molecule has 1 amide bonds. The van der Waals surface area contributed by atoms with Crippen molar-refractivity contribution in [1.82, 2.24) is 4.90 Å². The van der Waals surface area contributed by atoms with E-state index in [1.165, 1.54) is 6.42 Å². The molecule has 2 fully saturated rings. The molecule has 3 heteroatoms. The first kappa shape index (κ1) is 10.3.